The van der Waals surface area contributed by atoms with Gasteiger partial charge >= 0.3 is 0 Å². The van der Waals surface area contributed by atoms with E-state index in [-0.39, 0.29) is 28.5 Å². The molecule has 1 saturated heterocycles. The number of benzene rings is 2. The zero-order chi connectivity index (χ0) is 19.2. The molecule has 0 spiro atoms. The highest BCUT2D eigenvalue weighted by molar-refractivity contribution is 8.00. The van der Waals surface area contributed by atoms with Crippen molar-refractivity contribution in [3.8, 4) is 0 Å². The molecule has 3 rings (SSSR count). The topological polar surface area (TPSA) is 36.8 Å². The van der Waals surface area contributed by atoms with Gasteiger partial charge in [0.05, 0.1) is 44.2 Å². The fourth-order valence-electron chi connectivity index (χ4n) is 3.03. The molecule has 0 atom stereocenters. The Bertz CT molecular complexity index is 701. The van der Waals surface area contributed by atoms with E-state index in [4.69, 9.17) is 0 Å². The molecule has 1 aliphatic heterocycles. The summed E-state index contributed by atoms with van der Waals surface area (Å²) in [5, 5.41) is 1.79. The molecule has 144 valence electrons. The number of hydrazine groups is 1. The average molecular weight is 392 g/mol. The van der Waals surface area contributed by atoms with E-state index >= 15 is 0 Å². The molecule has 2 N–H and O–H groups in total. The molecular weight excluding hydrogens is 368 g/mol. The molecule has 1 heterocycles. The molecule has 7 heteroatoms. The summed E-state index contributed by atoms with van der Waals surface area (Å²) in [5.74, 6) is -0.416. The number of nitrogens with zero attached hydrogens (tertiary/aromatic N) is 1. The molecule has 0 saturated carbocycles. The van der Waals surface area contributed by atoms with Gasteiger partial charge in [0.15, 0.2) is 0 Å². The molecule has 1 amide bonds. The summed E-state index contributed by atoms with van der Waals surface area (Å²) in [6.45, 7) is 3.67. The van der Waals surface area contributed by atoms with Crippen LogP contribution in [0.5, 0.6) is 0 Å². The van der Waals surface area contributed by atoms with Crippen LogP contribution in [0.3, 0.4) is 0 Å². The summed E-state index contributed by atoms with van der Waals surface area (Å²) in [6, 6.07) is 12.4. The number of nitrogens with one attached hydrogen (secondary N) is 2. The van der Waals surface area contributed by atoms with Crippen molar-refractivity contribution in [2.24, 2.45) is 0 Å². The summed E-state index contributed by atoms with van der Waals surface area (Å²) < 4.78 is 26.6. The lowest BCUT2D eigenvalue weighted by Gasteiger charge is -2.30. The van der Waals surface area contributed by atoms with E-state index in [9.17, 15) is 13.6 Å². The van der Waals surface area contributed by atoms with Gasteiger partial charge in [0.1, 0.15) is 11.6 Å². The van der Waals surface area contributed by atoms with Gasteiger partial charge in [-0.25, -0.2) is 13.8 Å². The van der Waals surface area contributed by atoms with Crippen LogP contribution in [0.4, 0.5) is 8.78 Å². The molecular formula is C20H24F2N3OS+. The highest BCUT2D eigenvalue weighted by atomic mass is 32.2. The van der Waals surface area contributed by atoms with Crippen LogP contribution < -0.4 is 10.3 Å². The van der Waals surface area contributed by atoms with Crippen LogP contribution in [0.2, 0.25) is 0 Å². The van der Waals surface area contributed by atoms with Gasteiger partial charge in [-0.2, -0.15) is 0 Å². The quantitative estimate of drug-likeness (QED) is 0.785. The first kappa shape index (κ1) is 19.8. The molecule has 0 radical (unpaired) electrons. The van der Waals surface area contributed by atoms with Crippen LogP contribution in [0.25, 0.3) is 0 Å². The number of amides is 1. The third kappa shape index (κ3) is 5.76. The third-order valence-corrected chi connectivity index (χ3v) is 5.93. The SMILES string of the molecule is C[NH+]1CCN(NC(=O)CSC(c2ccc(F)cc2)c2ccc(F)cc2)CC1. The van der Waals surface area contributed by atoms with Gasteiger partial charge in [-0.05, 0) is 35.4 Å². The molecule has 4 nitrogen and oxygen atoms in total. The maximum atomic E-state index is 13.3. The first-order valence-corrected chi connectivity index (χ1v) is 10.0. The van der Waals surface area contributed by atoms with Crippen molar-refractivity contribution >= 4 is 17.7 Å². The Hall–Kier alpha value is -1.96. The molecule has 0 unspecified atom stereocenters. The number of likely N-dealkylation sites (N-methyl/N-ethyl adjacent to an activating group) is 1. The standard InChI is InChI=1S/C20H23F2N3OS/c1-24-10-12-25(13-11-24)23-19(26)14-27-20(15-2-6-17(21)7-3-15)16-4-8-18(22)9-5-16/h2-9,20H,10-14H2,1H3,(H,23,26)/p+1. The van der Waals surface area contributed by atoms with Crippen molar-refractivity contribution in [2.75, 3.05) is 39.0 Å². The van der Waals surface area contributed by atoms with Gasteiger partial charge in [-0.3, -0.25) is 10.2 Å². The van der Waals surface area contributed by atoms with E-state index in [0.29, 0.717) is 0 Å². The Labute approximate surface area is 162 Å². The number of piperazine rings is 1. The van der Waals surface area contributed by atoms with Crippen molar-refractivity contribution in [3.05, 3.63) is 71.3 Å². The van der Waals surface area contributed by atoms with Gasteiger partial charge in [-0.15, -0.1) is 11.8 Å². The van der Waals surface area contributed by atoms with E-state index in [1.54, 1.807) is 24.3 Å². The lowest BCUT2D eigenvalue weighted by atomic mass is 10.0. The molecule has 2 aromatic rings. The first-order valence-electron chi connectivity index (χ1n) is 8.99. The summed E-state index contributed by atoms with van der Waals surface area (Å²) in [6.07, 6.45) is 0. The maximum absolute atomic E-state index is 13.3. The second-order valence-corrected chi connectivity index (χ2v) is 7.87. The number of thioether (sulfide) groups is 1. The normalized spacial score (nSPS) is 15.9. The third-order valence-electron chi connectivity index (χ3n) is 4.63. The van der Waals surface area contributed by atoms with Gasteiger partial charge in [-0.1, -0.05) is 24.3 Å². The van der Waals surface area contributed by atoms with Crippen LogP contribution in [-0.4, -0.2) is 49.9 Å². The lowest BCUT2D eigenvalue weighted by Crippen LogP contribution is -3.12. The second kappa shape index (κ2) is 9.30. The van der Waals surface area contributed by atoms with E-state index in [0.717, 1.165) is 37.3 Å². The number of halogens is 2. The molecule has 1 aliphatic rings. The average Bonchev–Trinajstić information content (AvgIpc) is 2.66. The number of hydrogen-bond donors (Lipinski definition) is 2. The Morgan fingerprint density at radius 3 is 2.00 bits per heavy atom. The zero-order valence-electron chi connectivity index (χ0n) is 15.3. The highest BCUT2D eigenvalue weighted by Crippen LogP contribution is 2.35. The van der Waals surface area contributed by atoms with Crippen molar-refractivity contribution in [1.82, 2.24) is 10.4 Å². The number of carbonyl (C=O) groups excluding carboxylic acids is 1. The molecule has 0 aliphatic carbocycles. The minimum atomic E-state index is -0.309. The summed E-state index contributed by atoms with van der Waals surface area (Å²) in [4.78, 5) is 13.8. The minimum Gasteiger partial charge on any atom is -0.335 e. The number of quaternary nitrogens is 1. The first-order chi connectivity index (χ1) is 13.0. The number of carbonyl (C=O) groups is 1. The molecule has 0 aromatic heterocycles. The summed E-state index contributed by atoms with van der Waals surface area (Å²) in [5.41, 5.74) is 4.71. The molecule has 27 heavy (non-hydrogen) atoms. The zero-order valence-corrected chi connectivity index (χ0v) is 16.1. The van der Waals surface area contributed by atoms with Crippen molar-refractivity contribution in [3.63, 3.8) is 0 Å². The van der Waals surface area contributed by atoms with Gasteiger partial charge < -0.3 is 4.90 Å². The summed E-state index contributed by atoms with van der Waals surface area (Å²) >= 11 is 1.45. The van der Waals surface area contributed by atoms with Gasteiger partial charge in [0.2, 0.25) is 5.91 Å². The number of hydrogen-bond acceptors (Lipinski definition) is 3. The Morgan fingerprint density at radius 1 is 1.04 bits per heavy atom. The van der Waals surface area contributed by atoms with Gasteiger partial charge in [0.25, 0.3) is 0 Å². The highest BCUT2D eigenvalue weighted by Gasteiger charge is 2.20. The van der Waals surface area contributed by atoms with Crippen LogP contribution in [0.15, 0.2) is 48.5 Å². The van der Waals surface area contributed by atoms with E-state index in [1.165, 1.54) is 40.9 Å². The van der Waals surface area contributed by atoms with Crippen LogP contribution in [-0.2, 0) is 4.79 Å². The molecule has 0 bridgehead atoms. The minimum absolute atomic E-state index is 0.0613. The smallest absolute Gasteiger partial charge is 0.244 e. The van der Waals surface area contributed by atoms with Crippen LogP contribution in [0.1, 0.15) is 16.4 Å². The lowest BCUT2D eigenvalue weighted by molar-refractivity contribution is -0.884. The van der Waals surface area contributed by atoms with E-state index in [1.807, 2.05) is 5.01 Å². The second-order valence-electron chi connectivity index (χ2n) is 6.77. The fourth-order valence-corrected chi connectivity index (χ4v) is 4.11. The summed E-state index contributed by atoms with van der Waals surface area (Å²) in [7, 11) is 2.14. The largest absolute Gasteiger partial charge is 0.335 e. The van der Waals surface area contributed by atoms with Gasteiger partial charge in [0, 0.05) is 0 Å². The van der Waals surface area contributed by atoms with E-state index < -0.39 is 0 Å². The molecule has 2 aromatic carbocycles. The van der Waals surface area contributed by atoms with Crippen LogP contribution in [0, 0.1) is 11.6 Å². The predicted molar refractivity (Wildman–Crippen MR) is 103 cm³/mol. The molecule has 1 fully saturated rings. The monoisotopic (exact) mass is 392 g/mol. The van der Waals surface area contributed by atoms with Crippen molar-refractivity contribution in [1.29, 1.82) is 0 Å². The Balaban J connectivity index is 1.65. The Morgan fingerprint density at radius 2 is 1.52 bits per heavy atom. The Kier molecular flexibility index (Phi) is 6.82. The maximum Gasteiger partial charge on any atom is 0.244 e. The van der Waals surface area contributed by atoms with Crippen LogP contribution >= 0.6 is 11.8 Å². The number of rotatable bonds is 6. The fraction of sp³-hybridized carbons (Fsp3) is 0.350. The van der Waals surface area contributed by atoms with E-state index in [2.05, 4.69) is 12.5 Å². The predicted octanol–water partition coefficient (Wildman–Crippen LogP) is 1.65. The van der Waals surface area contributed by atoms with Crippen molar-refractivity contribution < 1.29 is 18.5 Å². The van der Waals surface area contributed by atoms with Crippen molar-refractivity contribution in [2.45, 2.75) is 5.25 Å².